The second kappa shape index (κ2) is 6.19. The first-order chi connectivity index (χ1) is 8.15. The van der Waals surface area contributed by atoms with Gasteiger partial charge in [-0.1, -0.05) is 39.5 Å². The van der Waals surface area contributed by atoms with Crippen LogP contribution in [0, 0.1) is 11.8 Å². The van der Waals surface area contributed by atoms with Crippen molar-refractivity contribution >= 4 is 0 Å². The van der Waals surface area contributed by atoms with Gasteiger partial charge in [0.1, 0.15) is 0 Å². The van der Waals surface area contributed by atoms with E-state index in [1.165, 1.54) is 38.5 Å². The van der Waals surface area contributed by atoms with Gasteiger partial charge in [-0.05, 0) is 31.1 Å². The third-order valence-electron chi connectivity index (χ3n) is 4.19. The van der Waals surface area contributed by atoms with Crippen molar-refractivity contribution in [2.75, 3.05) is 13.1 Å². The molecule has 0 amide bonds. The lowest BCUT2D eigenvalue weighted by molar-refractivity contribution is 0.0819. The highest BCUT2D eigenvalue weighted by atomic mass is 16.3. The summed E-state index contributed by atoms with van der Waals surface area (Å²) in [5, 5.41) is 10.2. The number of hydrogen-bond donors (Lipinski definition) is 1. The average Bonchev–Trinajstić information content (AvgIpc) is 2.97. The fourth-order valence-corrected chi connectivity index (χ4v) is 3.26. The molecule has 1 atom stereocenters. The Morgan fingerprint density at radius 2 is 1.71 bits per heavy atom. The van der Waals surface area contributed by atoms with Crippen molar-refractivity contribution in [3.05, 3.63) is 0 Å². The van der Waals surface area contributed by atoms with Crippen LogP contribution in [0.3, 0.4) is 0 Å². The Bertz CT molecular complexity index is 219. The molecule has 0 spiro atoms. The molecule has 0 aromatic carbocycles. The molecule has 2 aliphatic rings. The maximum atomic E-state index is 10.2. The van der Waals surface area contributed by atoms with Crippen LogP contribution in [0.4, 0.5) is 0 Å². The summed E-state index contributed by atoms with van der Waals surface area (Å²) < 4.78 is 0. The van der Waals surface area contributed by atoms with Crippen LogP contribution in [0.1, 0.15) is 58.8 Å². The van der Waals surface area contributed by atoms with Gasteiger partial charge in [0.05, 0.1) is 6.10 Å². The molecule has 2 saturated carbocycles. The maximum Gasteiger partial charge on any atom is 0.0669 e. The zero-order valence-electron chi connectivity index (χ0n) is 11.6. The van der Waals surface area contributed by atoms with Crippen molar-refractivity contribution in [3.63, 3.8) is 0 Å². The molecule has 0 saturated heterocycles. The van der Waals surface area contributed by atoms with Crippen LogP contribution in [0.15, 0.2) is 0 Å². The summed E-state index contributed by atoms with van der Waals surface area (Å²) in [6.07, 6.45) is 9.13. The minimum atomic E-state index is -0.0857. The van der Waals surface area contributed by atoms with E-state index in [9.17, 15) is 5.11 Å². The molecule has 2 nitrogen and oxygen atoms in total. The predicted molar refractivity (Wildman–Crippen MR) is 72.0 cm³/mol. The summed E-state index contributed by atoms with van der Waals surface area (Å²) in [6.45, 7) is 6.63. The van der Waals surface area contributed by atoms with E-state index < -0.39 is 0 Å². The van der Waals surface area contributed by atoms with Crippen molar-refractivity contribution in [2.24, 2.45) is 11.8 Å². The van der Waals surface area contributed by atoms with Crippen molar-refractivity contribution in [1.29, 1.82) is 0 Å². The van der Waals surface area contributed by atoms with Crippen molar-refractivity contribution < 1.29 is 5.11 Å². The van der Waals surface area contributed by atoms with Crippen molar-refractivity contribution in [3.8, 4) is 0 Å². The monoisotopic (exact) mass is 239 g/mol. The lowest BCUT2D eigenvalue weighted by Gasteiger charge is -2.27. The van der Waals surface area contributed by atoms with E-state index in [0.29, 0.717) is 5.92 Å². The lowest BCUT2D eigenvalue weighted by Crippen LogP contribution is -2.37. The number of aliphatic hydroxyl groups is 1. The predicted octanol–water partition coefficient (Wildman–Crippen LogP) is 3.05. The molecular weight excluding hydrogens is 210 g/mol. The standard InChI is InChI=1S/C15H29NO/c1-12(2)10-16(14-7-8-14)11-15(17)9-13-5-3-4-6-13/h12-15,17H,3-11H2,1-2H3. The highest BCUT2D eigenvalue weighted by Crippen LogP contribution is 2.31. The Morgan fingerprint density at radius 3 is 2.24 bits per heavy atom. The third kappa shape index (κ3) is 4.59. The summed E-state index contributed by atoms with van der Waals surface area (Å²) in [7, 11) is 0. The van der Waals surface area contributed by atoms with Crippen molar-refractivity contribution in [1.82, 2.24) is 4.90 Å². The van der Waals surface area contributed by atoms with E-state index in [0.717, 1.165) is 31.5 Å². The fourth-order valence-electron chi connectivity index (χ4n) is 3.26. The van der Waals surface area contributed by atoms with Crippen LogP contribution >= 0.6 is 0 Å². The van der Waals surface area contributed by atoms with Gasteiger partial charge in [-0.3, -0.25) is 4.90 Å². The highest BCUT2D eigenvalue weighted by Gasteiger charge is 2.31. The van der Waals surface area contributed by atoms with Crippen molar-refractivity contribution in [2.45, 2.75) is 70.9 Å². The Kier molecular flexibility index (Phi) is 4.87. The minimum Gasteiger partial charge on any atom is -0.392 e. The van der Waals surface area contributed by atoms with Gasteiger partial charge in [0, 0.05) is 19.1 Å². The second-order valence-corrected chi connectivity index (χ2v) is 6.62. The quantitative estimate of drug-likeness (QED) is 0.738. The molecule has 0 bridgehead atoms. The van der Waals surface area contributed by atoms with Gasteiger partial charge in [0.2, 0.25) is 0 Å². The topological polar surface area (TPSA) is 23.5 Å². The SMILES string of the molecule is CC(C)CN(CC(O)CC1CCCC1)C1CC1. The Labute approximate surface area is 106 Å². The summed E-state index contributed by atoms with van der Waals surface area (Å²) >= 11 is 0. The molecule has 2 aliphatic carbocycles. The second-order valence-electron chi connectivity index (χ2n) is 6.62. The molecule has 2 fully saturated rings. The van der Waals surface area contributed by atoms with Crippen LogP contribution in [-0.2, 0) is 0 Å². The van der Waals surface area contributed by atoms with Crippen LogP contribution in [0.2, 0.25) is 0 Å². The molecule has 0 aliphatic heterocycles. The van der Waals surface area contributed by atoms with Gasteiger partial charge in [0.25, 0.3) is 0 Å². The van der Waals surface area contributed by atoms with Gasteiger partial charge in [-0.2, -0.15) is 0 Å². The van der Waals surface area contributed by atoms with Crippen LogP contribution in [-0.4, -0.2) is 35.2 Å². The molecule has 17 heavy (non-hydrogen) atoms. The number of rotatable bonds is 7. The minimum absolute atomic E-state index is 0.0857. The van der Waals surface area contributed by atoms with E-state index in [1.54, 1.807) is 0 Å². The molecule has 0 radical (unpaired) electrons. The number of hydrogen-bond acceptors (Lipinski definition) is 2. The molecular formula is C15H29NO. The Balaban J connectivity index is 1.72. The first-order valence-electron chi connectivity index (χ1n) is 7.57. The summed E-state index contributed by atoms with van der Waals surface area (Å²) in [5.74, 6) is 1.53. The molecule has 2 rings (SSSR count). The van der Waals surface area contributed by atoms with Gasteiger partial charge in [0.15, 0.2) is 0 Å². The molecule has 2 heteroatoms. The van der Waals surface area contributed by atoms with E-state index in [1.807, 2.05) is 0 Å². The van der Waals surface area contributed by atoms with Crippen LogP contribution in [0.5, 0.6) is 0 Å². The van der Waals surface area contributed by atoms with Crippen LogP contribution < -0.4 is 0 Å². The molecule has 100 valence electrons. The Morgan fingerprint density at radius 1 is 1.06 bits per heavy atom. The van der Waals surface area contributed by atoms with Crippen LogP contribution in [0.25, 0.3) is 0 Å². The average molecular weight is 239 g/mol. The highest BCUT2D eigenvalue weighted by molar-refractivity contribution is 4.86. The first-order valence-corrected chi connectivity index (χ1v) is 7.57. The van der Waals surface area contributed by atoms with Gasteiger partial charge >= 0.3 is 0 Å². The molecule has 1 N–H and O–H groups in total. The number of nitrogens with zero attached hydrogens (tertiary/aromatic N) is 1. The zero-order valence-corrected chi connectivity index (χ0v) is 11.6. The molecule has 1 unspecified atom stereocenters. The van der Waals surface area contributed by atoms with Gasteiger partial charge < -0.3 is 5.11 Å². The van der Waals surface area contributed by atoms with E-state index in [4.69, 9.17) is 0 Å². The Hall–Kier alpha value is -0.0800. The molecule has 0 aromatic rings. The fraction of sp³-hybridized carbons (Fsp3) is 1.00. The summed E-state index contributed by atoms with van der Waals surface area (Å²) in [4.78, 5) is 2.53. The maximum absolute atomic E-state index is 10.2. The van der Waals surface area contributed by atoms with Gasteiger partial charge in [-0.25, -0.2) is 0 Å². The summed E-state index contributed by atoms with van der Waals surface area (Å²) in [6, 6.07) is 0.788. The van der Waals surface area contributed by atoms with Gasteiger partial charge in [-0.15, -0.1) is 0 Å². The normalized spacial score (nSPS) is 23.8. The smallest absolute Gasteiger partial charge is 0.0669 e. The molecule has 0 heterocycles. The zero-order chi connectivity index (χ0) is 12.3. The summed E-state index contributed by atoms with van der Waals surface area (Å²) in [5.41, 5.74) is 0. The molecule has 0 aromatic heterocycles. The lowest BCUT2D eigenvalue weighted by atomic mass is 9.99. The van der Waals surface area contributed by atoms with E-state index >= 15 is 0 Å². The van der Waals surface area contributed by atoms with E-state index in [-0.39, 0.29) is 6.10 Å². The third-order valence-corrected chi connectivity index (χ3v) is 4.19. The number of aliphatic hydroxyl groups excluding tert-OH is 1. The largest absolute Gasteiger partial charge is 0.392 e. The first kappa shape index (κ1) is 13.4. The van der Waals surface area contributed by atoms with E-state index in [2.05, 4.69) is 18.7 Å².